The molecular formula is C34H27BrO9. The van der Waals surface area contributed by atoms with Crippen LogP contribution < -0.4 is 0 Å². The molecule has 0 radical (unpaired) electrons. The van der Waals surface area contributed by atoms with Crippen molar-refractivity contribution in [3.05, 3.63) is 144 Å². The highest BCUT2D eigenvalue weighted by Crippen LogP contribution is 2.33. The molecule has 0 spiro atoms. The standard InChI is InChI=1S/C34H27BrO9/c35-30-29(44-34(39)25-19-11-4-12-20-25)28(43-33(38)24-17-9-3-10-18-24)27(42-32(37)23-15-7-2-8-16-23)26(41-30)21-40-31(36)22-13-5-1-6-14-22/h1-20,26-30H,21H2/t26-,27+,28-,29-,30+/m0/s1. The summed E-state index contributed by atoms with van der Waals surface area (Å²) < 4.78 is 29.3. The van der Waals surface area contributed by atoms with E-state index in [-0.39, 0.29) is 23.3 Å². The molecule has 0 saturated carbocycles. The predicted octanol–water partition coefficient (Wildman–Crippen LogP) is 5.64. The van der Waals surface area contributed by atoms with Gasteiger partial charge in [0, 0.05) is 0 Å². The molecule has 224 valence electrons. The Labute approximate surface area is 261 Å². The first kappa shape index (κ1) is 30.7. The van der Waals surface area contributed by atoms with Gasteiger partial charge in [0.25, 0.3) is 0 Å². The normalized spacial score (nSPS) is 21.0. The van der Waals surface area contributed by atoms with E-state index in [4.69, 9.17) is 23.7 Å². The number of esters is 4. The van der Waals surface area contributed by atoms with Gasteiger partial charge in [-0.1, -0.05) is 88.7 Å². The average molecular weight is 659 g/mol. The van der Waals surface area contributed by atoms with Crippen molar-refractivity contribution in [2.45, 2.75) is 29.4 Å². The van der Waals surface area contributed by atoms with Gasteiger partial charge >= 0.3 is 23.9 Å². The molecule has 0 bridgehead atoms. The van der Waals surface area contributed by atoms with Gasteiger partial charge in [-0.25, -0.2) is 19.2 Å². The minimum Gasteiger partial charge on any atom is -0.459 e. The Morgan fingerprint density at radius 1 is 0.500 bits per heavy atom. The van der Waals surface area contributed by atoms with Crippen LogP contribution in [0.15, 0.2) is 121 Å². The maximum Gasteiger partial charge on any atom is 0.338 e. The maximum atomic E-state index is 13.3. The van der Waals surface area contributed by atoms with Crippen molar-refractivity contribution in [1.29, 1.82) is 0 Å². The molecule has 0 aliphatic carbocycles. The van der Waals surface area contributed by atoms with Gasteiger partial charge in [0.2, 0.25) is 0 Å². The van der Waals surface area contributed by atoms with E-state index in [9.17, 15) is 19.2 Å². The second kappa shape index (κ2) is 14.6. The number of hydrogen-bond acceptors (Lipinski definition) is 9. The lowest BCUT2D eigenvalue weighted by atomic mass is 9.99. The molecule has 44 heavy (non-hydrogen) atoms. The van der Waals surface area contributed by atoms with Gasteiger partial charge in [0.1, 0.15) is 12.7 Å². The Bertz CT molecular complexity index is 1570. The summed E-state index contributed by atoms with van der Waals surface area (Å²) in [5.41, 5.74) is 0.994. The Morgan fingerprint density at radius 3 is 1.25 bits per heavy atom. The van der Waals surface area contributed by atoms with E-state index in [2.05, 4.69) is 15.9 Å². The highest BCUT2D eigenvalue weighted by atomic mass is 79.9. The number of rotatable bonds is 9. The zero-order valence-corrected chi connectivity index (χ0v) is 24.8. The molecule has 1 saturated heterocycles. The van der Waals surface area contributed by atoms with Crippen molar-refractivity contribution in [2.24, 2.45) is 0 Å². The first-order chi connectivity index (χ1) is 21.4. The zero-order valence-electron chi connectivity index (χ0n) is 23.2. The number of halogens is 1. The lowest BCUT2D eigenvalue weighted by Gasteiger charge is -2.43. The Kier molecular flexibility index (Phi) is 10.2. The summed E-state index contributed by atoms with van der Waals surface area (Å²) in [7, 11) is 0. The van der Waals surface area contributed by atoms with Crippen molar-refractivity contribution in [1.82, 2.24) is 0 Å². The lowest BCUT2D eigenvalue weighted by molar-refractivity contribution is -0.205. The van der Waals surface area contributed by atoms with Gasteiger partial charge in [0.05, 0.1) is 22.3 Å². The molecule has 4 aromatic carbocycles. The minimum atomic E-state index is -1.37. The molecule has 0 N–H and O–H groups in total. The molecule has 1 aliphatic rings. The molecule has 5 atom stereocenters. The van der Waals surface area contributed by atoms with Crippen molar-refractivity contribution >= 4 is 39.8 Å². The van der Waals surface area contributed by atoms with Crippen LogP contribution in [0.25, 0.3) is 0 Å². The van der Waals surface area contributed by atoms with Gasteiger partial charge < -0.3 is 23.7 Å². The van der Waals surface area contributed by atoms with E-state index < -0.39 is 53.3 Å². The van der Waals surface area contributed by atoms with E-state index in [1.807, 2.05) is 0 Å². The summed E-state index contributed by atoms with van der Waals surface area (Å²) >= 11 is 3.40. The fourth-order valence-electron chi connectivity index (χ4n) is 4.51. The van der Waals surface area contributed by atoms with Crippen molar-refractivity contribution < 1.29 is 42.9 Å². The average Bonchev–Trinajstić information content (AvgIpc) is 3.07. The molecule has 4 aromatic rings. The number of alkyl halides is 1. The second-order valence-electron chi connectivity index (χ2n) is 9.70. The van der Waals surface area contributed by atoms with Crippen LogP contribution in [0, 0.1) is 0 Å². The van der Waals surface area contributed by atoms with Crippen molar-refractivity contribution in [2.75, 3.05) is 6.61 Å². The van der Waals surface area contributed by atoms with E-state index in [0.29, 0.717) is 5.56 Å². The summed E-state index contributed by atoms with van der Waals surface area (Å²) in [6.07, 6.45) is -5.13. The number of hydrogen-bond donors (Lipinski definition) is 0. The summed E-state index contributed by atoms with van der Waals surface area (Å²) in [5.74, 6) is -2.85. The number of benzene rings is 4. The molecular weight excluding hydrogens is 632 g/mol. The fraction of sp³-hybridized carbons (Fsp3) is 0.176. The summed E-state index contributed by atoms with van der Waals surface area (Å²) in [4.78, 5) is 52.6. The molecule has 10 heteroatoms. The van der Waals surface area contributed by atoms with E-state index in [1.165, 1.54) is 0 Å². The van der Waals surface area contributed by atoms with Crippen LogP contribution in [0.2, 0.25) is 0 Å². The third-order valence-corrected chi connectivity index (χ3v) is 7.46. The van der Waals surface area contributed by atoms with Gasteiger partial charge in [-0.2, -0.15) is 0 Å². The van der Waals surface area contributed by atoms with Crippen LogP contribution >= 0.6 is 15.9 Å². The van der Waals surface area contributed by atoms with E-state index in [1.54, 1.807) is 121 Å². The summed E-state index contributed by atoms with van der Waals surface area (Å²) in [6.45, 7) is -0.374. The number of carbonyl (C=O) groups excluding carboxylic acids is 4. The molecule has 5 rings (SSSR count). The molecule has 1 fully saturated rings. The molecule has 9 nitrogen and oxygen atoms in total. The molecule has 0 unspecified atom stereocenters. The van der Waals surface area contributed by atoms with Gasteiger partial charge in [0.15, 0.2) is 23.3 Å². The first-order valence-electron chi connectivity index (χ1n) is 13.7. The van der Waals surface area contributed by atoms with Crippen LogP contribution in [-0.2, 0) is 23.7 Å². The van der Waals surface area contributed by atoms with Crippen molar-refractivity contribution in [3.63, 3.8) is 0 Å². The summed E-state index contributed by atoms with van der Waals surface area (Å²) in [6, 6.07) is 32.9. The third kappa shape index (κ3) is 7.58. The Morgan fingerprint density at radius 2 is 0.841 bits per heavy atom. The monoisotopic (exact) mass is 658 g/mol. The lowest BCUT2D eigenvalue weighted by Crippen LogP contribution is -2.61. The fourth-order valence-corrected chi connectivity index (χ4v) is 5.20. The molecule has 1 heterocycles. The highest BCUT2D eigenvalue weighted by molar-refractivity contribution is 9.09. The maximum absolute atomic E-state index is 13.3. The minimum absolute atomic E-state index is 0.221. The number of carbonyl (C=O) groups is 4. The largest absolute Gasteiger partial charge is 0.459 e. The van der Waals surface area contributed by atoms with E-state index >= 15 is 0 Å². The SMILES string of the molecule is O=C(OC[C@@H]1O[C@@H](Br)[C@@H](OC(=O)c2ccccc2)[C@@H](OC(=O)c2ccccc2)[C@@H]1OC(=O)c1ccccc1)c1ccccc1. The third-order valence-electron chi connectivity index (χ3n) is 6.72. The van der Waals surface area contributed by atoms with Crippen LogP contribution in [0.5, 0.6) is 0 Å². The molecule has 0 amide bonds. The Hall–Kier alpha value is -4.80. The van der Waals surface area contributed by atoms with Crippen LogP contribution in [0.1, 0.15) is 41.4 Å². The second-order valence-corrected chi connectivity index (χ2v) is 10.6. The molecule has 0 aromatic heterocycles. The zero-order chi connectivity index (χ0) is 30.9. The van der Waals surface area contributed by atoms with Crippen molar-refractivity contribution in [3.8, 4) is 0 Å². The van der Waals surface area contributed by atoms with Crippen LogP contribution in [0.4, 0.5) is 0 Å². The van der Waals surface area contributed by atoms with Crippen LogP contribution in [0.3, 0.4) is 0 Å². The van der Waals surface area contributed by atoms with Gasteiger partial charge in [-0.05, 0) is 48.5 Å². The highest BCUT2D eigenvalue weighted by Gasteiger charge is 2.52. The first-order valence-corrected chi connectivity index (χ1v) is 14.6. The van der Waals surface area contributed by atoms with E-state index in [0.717, 1.165) is 0 Å². The quantitative estimate of drug-likeness (QED) is 0.128. The predicted molar refractivity (Wildman–Crippen MR) is 161 cm³/mol. The van der Waals surface area contributed by atoms with Crippen LogP contribution in [-0.4, -0.2) is 59.9 Å². The van der Waals surface area contributed by atoms with Gasteiger partial charge in [-0.3, -0.25) is 0 Å². The van der Waals surface area contributed by atoms with Gasteiger partial charge in [-0.15, -0.1) is 0 Å². The topological polar surface area (TPSA) is 114 Å². The summed E-state index contributed by atoms with van der Waals surface area (Å²) in [5, 5.41) is -1.05. The number of ether oxygens (including phenoxy) is 5. The molecule has 1 aliphatic heterocycles. The smallest absolute Gasteiger partial charge is 0.338 e. The Balaban J connectivity index is 1.48.